The lowest BCUT2D eigenvalue weighted by molar-refractivity contribution is -0.0499. The number of rotatable bonds is 5. The predicted molar refractivity (Wildman–Crippen MR) is 60.8 cm³/mol. The molecule has 1 aromatic carbocycles. The van der Waals surface area contributed by atoms with E-state index in [1.54, 1.807) is 31.4 Å². The van der Waals surface area contributed by atoms with Crippen LogP contribution in [-0.2, 0) is 6.54 Å². The fourth-order valence-corrected chi connectivity index (χ4v) is 1.52. The van der Waals surface area contributed by atoms with E-state index < -0.39 is 6.61 Å². The minimum absolute atomic E-state index is 0.0633. The molecule has 1 heterocycles. The highest BCUT2D eigenvalue weighted by Crippen LogP contribution is 2.23. The highest BCUT2D eigenvalue weighted by Gasteiger charge is 2.11. The first kappa shape index (κ1) is 12.4. The van der Waals surface area contributed by atoms with Crippen LogP contribution in [0.15, 0.2) is 30.5 Å². The van der Waals surface area contributed by atoms with Crippen molar-refractivity contribution in [1.29, 1.82) is 0 Å². The second-order valence-electron chi connectivity index (χ2n) is 3.53. The number of para-hydroxylation sites is 2. The first-order valence-electron chi connectivity index (χ1n) is 5.30. The average molecular weight is 254 g/mol. The minimum Gasteiger partial charge on any atom is -0.433 e. The summed E-state index contributed by atoms with van der Waals surface area (Å²) in [5, 5.41) is 10.7. The Bertz CT molecular complexity index is 515. The van der Waals surface area contributed by atoms with Crippen molar-refractivity contribution in [2.45, 2.75) is 13.2 Å². The van der Waals surface area contributed by atoms with Gasteiger partial charge in [-0.1, -0.05) is 17.3 Å². The molecule has 0 radical (unpaired) electrons. The SMILES string of the molecule is CNCc1cn(-c2ccccc2OC(F)F)nn1. The minimum atomic E-state index is -2.87. The third-order valence-electron chi connectivity index (χ3n) is 2.23. The van der Waals surface area contributed by atoms with Crippen LogP contribution in [0.1, 0.15) is 5.69 Å². The lowest BCUT2D eigenvalue weighted by Crippen LogP contribution is -2.06. The summed E-state index contributed by atoms with van der Waals surface area (Å²) in [6, 6.07) is 6.43. The molecule has 0 aliphatic rings. The van der Waals surface area contributed by atoms with E-state index in [0.717, 1.165) is 0 Å². The Hall–Kier alpha value is -2.02. The van der Waals surface area contributed by atoms with Crippen molar-refractivity contribution in [3.05, 3.63) is 36.2 Å². The Morgan fingerprint density at radius 2 is 2.17 bits per heavy atom. The zero-order valence-corrected chi connectivity index (χ0v) is 9.68. The van der Waals surface area contributed by atoms with Crippen molar-refractivity contribution in [2.24, 2.45) is 0 Å². The summed E-state index contributed by atoms with van der Waals surface area (Å²) in [5.74, 6) is 0.0633. The van der Waals surface area contributed by atoms with Gasteiger partial charge in [-0.3, -0.25) is 0 Å². The van der Waals surface area contributed by atoms with Crippen LogP contribution >= 0.6 is 0 Å². The Labute approximate surface area is 102 Å². The molecule has 2 rings (SSSR count). The zero-order chi connectivity index (χ0) is 13.0. The number of halogens is 2. The number of alkyl halides is 2. The summed E-state index contributed by atoms with van der Waals surface area (Å²) < 4.78 is 30.4. The Morgan fingerprint density at radius 3 is 2.89 bits per heavy atom. The molecule has 0 amide bonds. The molecule has 0 unspecified atom stereocenters. The third kappa shape index (κ3) is 2.80. The molecule has 2 aromatic rings. The maximum absolute atomic E-state index is 12.3. The molecule has 18 heavy (non-hydrogen) atoms. The number of hydrogen-bond acceptors (Lipinski definition) is 4. The van der Waals surface area contributed by atoms with Crippen LogP contribution in [0.2, 0.25) is 0 Å². The molecule has 0 saturated heterocycles. The summed E-state index contributed by atoms with van der Waals surface area (Å²) in [7, 11) is 1.78. The maximum atomic E-state index is 12.3. The number of ether oxygens (including phenoxy) is 1. The topological polar surface area (TPSA) is 52.0 Å². The van der Waals surface area contributed by atoms with Crippen molar-refractivity contribution in [2.75, 3.05) is 7.05 Å². The van der Waals surface area contributed by atoms with Gasteiger partial charge in [0.2, 0.25) is 0 Å². The average Bonchev–Trinajstić information content (AvgIpc) is 2.78. The fourth-order valence-electron chi connectivity index (χ4n) is 1.52. The van der Waals surface area contributed by atoms with Gasteiger partial charge < -0.3 is 10.1 Å². The predicted octanol–water partition coefficient (Wildman–Crippen LogP) is 1.59. The molecule has 1 N–H and O–H groups in total. The van der Waals surface area contributed by atoms with Gasteiger partial charge in [-0.2, -0.15) is 8.78 Å². The Morgan fingerprint density at radius 1 is 1.39 bits per heavy atom. The van der Waals surface area contributed by atoms with Crippen LogP contribution < -0.4 is 10.1 Å². The molecule has 5 nitrogen and oxygen atoms in total. The van der Waals surface area contributed by atoms with E-state index in [9.17, 15) is 8.78 Å². The quantitative estimate of drug-likeness (QED) is 0.880. The molecule has 0 spiro atoms. The van der Waals surface area contributed by atoms with Crippen molar-refractivity contribution in [3.63, 3.8) is 0 Å². The smallest absolute Gasteiger partial charge is 0.387 e. The highest BCUT2D eigenvalue weighted by molar-refractivity contribution is 5.45. The van der Waals surface area contributed by atoms with Crippen molar-refractivity contribution in [1.82, 2.24) is 20.3 Å². The number of benzene rings is 1. The molecule has 0 atom stereocenters. The van der Waals surface area contributed by atoms with Gasteiger partial charge in [-0.25, -0.2) is 4.68 Å². The van der Waals surface area contributed by atoms with E-state index in [0.29, 0.717) is 17.9 Å². The van der Waals surface area contributed by atoms with Crippen LogP contribution in [0.3, 0.4) is 0 Å². The fraction of sp³-hybridized carbons (Fsp3) is 0.273. The number of nitrogens with one attached hydrogen (secondary N) is 1. The first-order chi connectivity index (χ1) is 8.70. The van der Waals surface area contributed by atoms with Gasteiger partial charge in [0.15, 0.2) is 5.75 Å². The van der Waals surface area contributed by atoms with E-state index in [1.165, 1.54) is 10.7 Å². The third-order valence-corrected chi connectivity index (χ3v) is 2.23. The van der Waals surface area contributed by atoms with Crippen molar-refractivity contribution in [3.8, 4) is 11.4 Å². The van der Waals surface area contributed by atoms with E-state index in [4.69, 9.17) is 0 Å². The van der Waals surface area contributed by atoms with E-state index in [2.05, 4.69) is 20.4 Å². The molecule has 7 heteroatoms. The van der Waals surface area contributed by atoms with E-state index in [1.807, 2.05) is 0 Å². The molecule has 0 saturated carbocycles. The normalized spacial score (nSPS) is 10.9. The van der Waals surface area contributed by atoms with E-state index in [-0.39, 0.29) is 5.75 Å². The highest BCUT2D eigenvalue weighted by atomic mass is 19.3. The first-order valence-corrected chi connectivity index (χ1v) is 5.30. The molecule has 0 aliphatic carbocycles. The van der Waals surface area contributed by atoms with Gasteiger partial charge in [0, 0.05) is 6.54 Å². The van der Waals surface area contributed by atoms with Gasteiger partial charge in [0.25, 0.3) is 0 Å². The van der Waals surface area contributed by atoms with Crippen LogP contribution in [-0.4, -0.2) is 28.7 Å². The largest absolute Gasteiger partial charge is 0.433 e. The lowest BCUT2D eigenvalue weighted by Gasteiger charge is -2.09. The molecule has 0 fully saturated rings. The van der Waals surface area contributed by atoms with Crippen molar-refractivity contribution < 1.29 is 13.5 Å². The van der Waals surface area contributed by atoms with E-state index >= 15 is 0 Å². The van der Waals surface area contributed by atoms with Gasteiger partial charge in [-0.05, 0) is 19.2 Å². The van der Waals surface area contributed by atoms with Gasteiger partial charge in [-0.15, -0.1) is 5.10 Å². The van der Waals surface area contributed by atoms with Gasteiger partial charge >= 0.3 is 6.61 Å². The summed E-state index contributed by atoms with van der Waals surface area (Å²) >= 11 is 0. The zero-order valence-electron chi connectivity index (χ0n) is 9.68. The second-order valence-corrected chi connectivity index (χ2v) is 3.53. The molecular formula is C11H12F2N4O. The maximum Gasteiger partial charge on any atom is 0.387 e. The Balaban J connectivity index is 2.30. The number of aromatic nitrogens is 3. The second kappa shape index (κ2) is 5.54. The number of nitrogens with zero attached hydrogens (tertiary/aromatic N) is 3. The van der Waals surface area contributed by atoms with Crippen LogP contribution in [0.4, 0.5) is 8.78 Å². The molecule has 0 bridgehead atoms. The monoisotopic (exact) mass is 254 g/mol. The standard InChI is InChI=1S/C11H12F2N4O/c1-14-6-8-7-17(16-15-8)9-4-2-3-5-10(9)18-11(12)13/h2-5,7,11,14H,6H2,1H3. The summed E-state index contributed by atoms with van der Waals surface area (Å²) in [4.78, 5) is 0. The van der Waals surface area contributed by atoms with Crippen LogP contribution in [0, 0.1) is 0 Å². The molecule has 1 aromatic heterocycles. The van der Waals surface area contributed by atoms with Gasteiger partial charge in [0.1, 0.15) is 5.69 Å². The summed E-state index contributed by atoms with van der Waals surface area (Å²) in [6.45, 7) is -2.32. The summed E-state index contributed by atoms with van der Waals surface area (Å²) in [6.07, 6.45) is 1.66. The molecule has 96 valence electrons. The number of hydrogen-bond donors (Lipinski definition) is 1. The molecule has 0 aliphatic heterocycles. The molecular weight excluding hydrogens is 242 g/mol. The van der Waals surface area contributed by atoms with Gasteiger partial charge in [0.05, 0.1) is 11.9 Å². The lowest BCUT2D eigenvalue weighted by atomic mass is 10.3. The Kier molecular flexibility index (Phi) is 3.83. The van der Waals surface area contributed by atoms with Crippen molar-refractivity contribution >= 4 is 0 Å². The van der Waals surface area contributed by atoms with Crippen LogP contribution in [0.5, 0.6) is 5.75 Å². The van der Waals surface area contributed by atoms with Crippen LogP contribution in [0.25, 0.3) is 5.69 Å². The summed E-state index contributed by atoms with van der Waals surface area (Å²) in [5.41, 5.74) is 1.14.